The van der Waals surface area contributed by atoms with Crippen molar-refractivity contribution < 1.29 is 8.78 Å². The number of hydrogen-bond donors (Lipinski definition) is 1. The van der Waals surface area contributed by atoms with E-state index in [1.807, 2.05) is 20.0 Å². The first-order chi connectivity index (χ1) is 12.9. The van der Waals surface area contributed by atoms with Gasteiger partial charge in [0.15, 0.2) is 11.5 Å². The summed E-state index contributed by atoms with van der Waals surface area (Å²) >= 11 is 0. The van der Waals surface area contributed by atoms with Crippen molar-refractivity contribution in [1.82, 2.24) is 19.4 Å². The Kier molecular flexibility index (Phi) is 4.17. The molecule has 140 valence electrons. The van der Waals surface area contributed by atoms with Crippen LogP contribution in [0.15, 0.2) is 31.2 Å². The quantitative estimate of drug-likeness (QED) is 0.710. The smallest absolute Gasteiger partial charge is 0.222 e. The van der Waals surface area contributed by atoms with E-state index in [1.165, 1.54) is 6.07 Å². The molecule has 1 aliphatic carbocycles. The molecule has 5 nitrogen and oxygen atoms in total. The molecule has 0 atom stereocenters. The minimum atomic E-state index is -1.12. The Morgan fingerprint density at radius 3 is 2.78 bits per heavy atom. The number of pyridine rings is 1. The van der Waals surface area contributed by atoms with E-state index in [4.69, 9.17) is 0 Å². The molecule has 0 amide bonds. The lowest BCUT2D eigenvalue weighted by molar-refractivity contribution is 0.326. The molecule has 0 bridgehead atoms. The second kappa shape index (κ2) is 6.40. The summed E-state index contributed by atoms with van der Waals surface area (Å²) in [7, 11) is 0. The van der Waals surface area contributed by atoms with E-state index >= 15 is 0 Å². The minimum absolute atomic E-state index is 0.217. The van der Waals surface area contributed by atoms with E-state index in [9.17, 15) is 8.78 Å². The average Bonchev–Trinajstić information content (AvgIpc) is 3.24. The summed E-state index contributed by atoms with van der Waals surface area (Å²) < 4.78 is 29.9. The zero-order valence-electron chi connectivity index (χ0n) is 15.4. The zero-order chi connectivity index (χ0) is 19.2. The number of fused-ring (bicyclic) bond motifs is 1. The molecular formula is C20H21F2N5. The lowest BCUT2D eigenvalue weighted by atomic mass is 10.0. The third-order valence-electron chi connectivity index (χ3n) is 5.01. The van der Waals surface area contributed by atoms with E-state index in [-0.39, 0.29) is 6.54 Å². The molecule has 0 aliphatic heterocycles. The number of aryl methyl sites for hydroxylation is 2. The molecule has 0 aromatic carbocycles. The summed E-state index contributed by atoms with van der Waals surface area (Å²) in [5, 5.41) is 2.94. The van der Waals surface area contributed by atoms with Gasteiger partial charge in [-0.1, -0.05) is 13.5 Å². The Morgan fingerprint density at radius 2 is 2.11 bits per heavy atom. The van der Waals surface area contributed by atoms with Crippen LogP contribution in [0.4, 0.5) is 14.7 Å². The van der Waals surface area contributed by atoms with Gasteiger partial charge in [-0.05, 0) is 37.8 Å². The lowest BCUT2D eigenvalue weighted by Gasteiger charge is -2.13. The van der Waals surface area contributed by atoms with Gasteiger partial charge in [-0.15, -0.1) is 0 Å². The highest BCUT2D eigenvalue weighted by atomic mass is 19.1. The summed E-state index contributed by atoms with van der Waals surface area (Å²) in [5.41, 5.74) is 2.79. The first-order valence-electron chi connectivity index (χ1n) is 9.02. The molecule has 3 heterocycles. The molecule has 1 aliphatic rings. The molecule has 1 saturated carbocycles. The van der Waals surface area contributed by atoms with Gasteiger partial charge in [0.25, 0.3) is 0 Å². The van der Waals surface area contributed by atoms with Crippen LogP contribution in [0.5, 0.6) is 0 Å². The van der Waals surface area contributed by atoms with Gasteiger partial charge >= 0.3 is 0 Å². The molecule has 1 N–H and O–H groups in total. The summed E-state index contributed by atoms with van der Waals surface area (Å²) in [6.07, 6.45) is 7.05. The van der Waals surface area contributed by atoms with Crippen LogP contribution in [0.2, 0.25) is 0 Å². The zero-order valence-corrected chi connectivity index (χ0v) is 15.4. The fraction of sp³-hybridized carbons (Fsp3) is 0.350. The molecule has 0 unspecified atom stereocenters. The van der Waals surface area contributed by atoms with Crippen molar-refractivity contribution in [2.45, 2.75) is 38.8 Å². The van der Waals surface area contributed by atoms with Crippen LogP contribution in [0, 0.1) is 12.7 Å². The number of halogens is 2. The summed E-state index contributed by atoms with van der Waals surface area (Å²) in [6.45, 7) is 8.15. The standard InChI is InChI=1S/C20H21F2N5/c1-4-15-8-23-18-17(21)7-14(10-27(15)18)12(2)16-9-24-19(26-13(16)3)25-11-20(22)5-6-20/h7-10H,2,4-6,11H2,1,3H3,(H,24,25,26). The van der Waals surface area contributed by atoms with Gasteiger partial charge in [0.1, 0.15) is 5.67 Å². The number of nitrogens with zero attached hydrogens (tertiary/aromatic N) is 4. The molecule has 0 radical (unpaired) electrons. The number of anilines is 1. The summed E-state index contributed by atoms with van der Waals surface area (Å²) in [5.74, 6) is -0.0135. The molecule has 7 heteroatoms. The highest BCUT2D eigenvalue weighted by Gasteiger charge is 2.43. The van der Waals surface area contributed by atoms with Crippen molar-refractivity contribution in [3.05, 3.63) is 59.6 Å². The van der Waals surface area contributed by atoms with E-state index in [0.717, 1.165) is 17.7 Å². The van der Waals surface area contributed by atoms with Crippen LogP contribution in [-0.2, 0) is 6.42 Å². The van der Waals surface area contributed by atoms with Crippen molar-refractivity contribution in [1.29, 1.82) is 0 Å². The first-order valence-corrected chi connectivity index (χ1v) is 9.02. The maximum atomic E-state index is 14.5. The fourth-order valence-electron chi connectivity index (χ4n) is 3.07. The fourth-order valence-corrected chi connectivity index (χ4v) is 3.07. The second-order valence-corrected chi connectivity index (χ2v) is 7.05. The second-order valence-electron chi connectivity index (χ2n) is 7.05. The van der Waals surface area contributed by atoms with Crippen molar-refractivity contribution in [3.8, 4) is 0 Å². The van der Waals surface area contributed by atoms with Crippen molar-refractivity contribution in [2.75, 3.05) is 11.9 Å². The van der Waals surface area contributed by atoms with E-state index in [2.05, 4.69) is 26.8 Å². The molecular weight excluding hydrogens is 348 g/mol. The van der Waals surface area contributed by atoms with Crippen molar-refractivity contribution >= 4 is 17.2 Å². The van der Waals surface area contributed by atoms with Crippen molar-refractivity contribution in [3.63, 3.8) is 0 Å². The molecule has 0 spiro atoms. The maximum Gasteiger partial charge on any atom is 0.222 e. The van der Waals surface area contributed by atoms with Crippen LogP contribution in [0.25, 0.3) is 11.2 Å². The Bertz CT molecular complexity index is 1040. The largest absolute Gasteiger partial charge is 0.351 e. The predicted molar refractivity (Wildman–Crippen MR) is 101 cm³/mol. The number of rotatable bonds is 6. The molecule has 3 aromatic heterocycles. The van der Waals surface area contributed by atoms with E-state index < -0.39 is 11.5 Å². The topological polar surface area (TPSA) is 55.1 Å². The van der Waals surface area contributed by atoms with Gasteiger partial charge in [0.05, 0.1) is 12.2 Å². The third-order valence-corrected chi connectivity index (χ3v) is 5.01. The van der Waals surface area contributed by atoms with Crippen LogP contribution in [0.3, 0.4) is 0 Å². The van der Waals surface area contributed by atoms with Gasteiger partial charge in [-0.2, -0.15) is 0 Å². The molecule has 3 aromatic rings. The number of imidazole rings is 1. The summed E-state index contributed by atoms with van der Waals surface area (Å²) in [6, 6.07) is 1.43. The van der Waals surface area contributed by atoms with Gasteiger partial charge in [-0.3, -0.25) is 0 Å². The van der Waals surface area contributed by atoms with E-state index in [0.29, 0.717) is 41.3 Å². The Hall–Kier alpha value is -2.83. The Morgan fingerprint density at radius 1 is 1.33 bits per heavy atom. The highest BCUT2D eigenvalue weighted by Crippen LogP contribution is 2.39. The number of hydrogen-bond acceptors (Lipinski definition) is 4. The molecule has 27 heavy (non-hydrogen) atoms. The number of alkyl halides is 1. The average molecular weight is 369 g/mol. The van der Waals surface area contributed by atoms with Gasteiger partial charge in [0, 0.05) is 35.4 Å². The maximum absolute atomic E-state index is 14.5. The number of nitrogens with one attached hydrogen (secondary N) is 1. The van der Waals surface area contributed by atoms with Crippen LogP contribution in [0.1, 0.15) is 42.3 Å². The Labute approximate surface area is 156 Å². The first kappa shape index (κ1) is 17.6. The predicted octanol–water partition coefficient (Wildman–Crippen LogP) is 4.11. The Balaban J connectivity index is 1.63. The normalized spacial score (nSPS) is 15.1. The monoisotopic (exact) mass is 369 g/mol. The minimum Gasteiger partial charge on any atom is -0.351 e. The van der Waals surface area contributed by atoms with E-state index in [1.54, 1.807) is 16.8 Å². The highest BCUT2D eigenvalue weighted by molar-refractivity contribution is 5.79. The number of aromatic nitrogens is 4. The lowest BCUT2D eigenvalue weighted by Crippen LogP contribution is -2.18. The van der Waals surface area contributed by atoms with Gasteiger partial charge in [0.2, 0.25) is 5.95 Å². The van der Waals surface area contributed by atoms with Crippen LogP contribution in [-0.4, -0.2) is 31.6 Å². The van der Waals surface area contributed by atoms with Crippen LogP contribution < -0.4 is 5.32 Å². The van der Waals surface area contributed by atoms with Crippen LogP contribution >= 0.6 is 0 Å². The van der Waals surface area contributed by atoms with Gasteiger partial charge in [-0.25, -0.2) is 23.7 Å². The molecule has 4 rings (SSSR count). The SMILES string of the molecule is C=C(c1cc(F)c2ncc(CC)n2c1)c1cnc(NCC2(F)CC2)nc1C. The third kappa shape index (κ3) is 3.29. The molecule has 1 fully saturated rings. The van der Waals surface area contributed by atoms with Gasteiger partial charge < -0.3 is 9.72 Å². The molecule has 0 saturated heterocycles. The van der Waals surface area contributed by atoms with Crippen molar-refractivity contribution in [2.24, 2.45) is 0 Å². The summed E-state index contributed by atoms with van der Waals surface area (Å²) in [4.78, 5) is 12.8.